The van der Waals surface area contributed by atoms with Gasteiger partial charge in [0.1, 0.15) is 5.65 Å². The molecule has 0 aromatic carbocycles. The molecule has 4 nitrogen and oxygen atoms in total. The summed E-state index contributed by atoms with van der Waals surface area (Å²) in [5.74, 6) is 0. The van der Waals surface area contributed by atoms with Gasteiger partial charge >= 0.3 is 0 Å². The molecular weight excluding hydrogens is 238 g/mol. The maximum absolute atomic E-state index is 5.56. The van der Waals surface area contributed by atoms with Crippen molar-refractivity contribution in [1.82, 2.24) is 14.3 Å². The van der Waals surface area contributed by atoms with Gasteiger partial charge in [0.25, 0.3) is 0 Å². The summed E-state index contributed by atoms with van der Waals surface area (Å²) in [6, 6.07) is 4.16. The Kier molecular flexibility index (Phi) is 3.07. The van der Waals surface area contributed by atoms with Crippen molar-refractivity contribution in [3.8, 4) is 0 Å². The number of morpholine rings is 1. The SMILES string of the molecule is Cc1cccn2cc(CN3CCOCC3(C)C)nc12. The maximum atomic E-state index is 5.56. The Labute approximate surface area is 114 Å². The van der Waals surface area contributed by atoms with E-state index in [1.807, 2.05) is 0 Å². The van der Waals surface area contributed by atoms with Gasteiger partial charge in [-0.15, -0.1) is 0 Å². The van der Waals surface area contributed by atoms with E-state index in [1.54, 1.807) is 0 Å². The van der Waals surface area contributed by atoms with Crippen molar-refractivity contribution in [1.29, 1.82) is 0 Å². The fourth-order valence-corrected chi connectivity index (χ4v) is 2.66. The van der Waals surface area contributed by atoms with Gasteiger partial charge in [-0.3, -0.25) is 4.90 Å². The van der Waals surface area contributed by atoms with Crippen LogP contribution >= 0.6 is 0 Å². The molecule has 1 saturated heterocycles. The van der Waals surface area contributed by atoms with Crippen LogP contribution in [0.25, 0.3) is 5.65 Å². The zero-order valence-corrected chi connectivity index (χ0v) is 11.9. The van der Waals surface area contributed by atoms with Crippen LogP contribution < -0.4 is 0 Å². The normalized spacial score (nSPS) is 19.9. The molecule has 1 aliphatic rings. The van der Waals surface area contributed by atoms with Crippen LogP contribution in [0.15, 0.2) is 24.5 Å². The lowest BCUT2D eigenvalue weighted by Gasteiger charge is -2.41. The predicted molar refractivity (Wildman–Crippen MR) is 75.2 cm³/mol. The maximum Gasteiger partial charge on any atom is 0.139 e. The number of aryl methyl sites for hydroxylation is 1. The van der Waals surface area contributed by atoms with Crippen molar-refractivity contribution in [3.63, 3.8) is 0 Å². The molecule has 0 N–H and O–H groups in total. The Bertz CT molecular complexity index is 588. The quantitative estimate of drug-likeness (QED) is 0.828. The van der Waals surface area contributed by atoms with Gasteiger partial charge in [-0.25, -0.2) is 4.98 Å². The Balaban J connectivity index is 1.87. The average Bonchev–Trinajstić information content (AvgIpc) is 2.76. The highest BCUT2D eigenvalue weighted by Crippen LogP contribution is 2.21. The number of pyridine rings is 1. The van der Waals surface area contributed by atoms with Gasteiger partial charge in [-0.1, -0.05) is 6.07 Å². The second-order valence-electron chi connectivity index (χ2n) is 5.94. The molecule has 19 heavy (non-hydrogen) atoms. The predicted octanol–water partition coefficient (Wildman–Crippen LogP) is 2.25. The van der Waals surface area contributed by atoms with Crippen LogP contribution in [0.4, 0.5) is 0 Å². The minimum absolute atomic E-state index is 0.0864. The van der Waals surface area contributed by atoms with Crippen LogP contribution in [-0.4, -0.2) is 39.6 Å². The number of fused-ring (bicyclic) bond motifs is 1. The number of hydrogen-bond donors (Lipinski definition) is 0. The van der Waals surface area contributed by atoms with E-state index >= 15 is 0 Å². The summed E-state index contributed by atoms with van der Waals surface area (Å²) in [7, 11) is 0. The monoisotopic (exact) mass is 259 g/mol. The molecule has 0 spiro atoms. The molecule has 0 aliphatic carbocycles. The third kappa shape index (κ3) is 2.38. The summed E-state index contributed by atoms with van der Waals surface area (Å²) in [5.41, 5.74) is 3.49. The number of rotatable bonds is 2. The Morgan fingerprint density at radius 1 is 1.42 bits per heavy atom. The molecule has 3 rings (SSSR count). The van der Waals surface area contributed by atoms with Crippen LogP contribution in [0.5, 0.6) is 0 Å². The highest BCUT2D eigenvalue weighted by atomic mass is 16.5. The van der Waals surface area contributed by atoms with E-state index in [9.17, 15) is 0 Å². The van der Waals surface area contributed by atoms with Gasteiger partial charge in [-0.05, 0) is 32.4 Å². The fourth-order valence-electron chi connectivity index (χ4n) is 2.66. The largest absolute Gasteiger partial charge is 0.378 e. The lowest BCUT2D eigenvalue weighted by atomic mass is 10.0. The van der Waals surface area contributed by atoms with Crippen LogP contribution in [0.2, 0.25) is 0 Å². The minimum Gasteiger partial charge on any atom is -0.378 e. The first kappa shape index (κ1) is 12.6. The van der Waals surface area contributed by atoms with Crippen molar-refractivity contribution >= 4 is 5.65 Å². The van der Waals surface area contributed by atoms with E-state index in [0.717, 1.165) is 37.6 Å². The van der Waals surface area contributed by atoms with E-state index in [2.05, 4.69) is 54.6 Å². The smallest absolute Gasteiger partial charge is 0.139 e. The molecule has 0 saturated carbocycles. The van der Waals surface area contributed by atoms with E-state index < -0.39 is 0 Å². The van der Waals surface area contributed by atoms with Crippen molar-refractivity contribution in [2.45, 2.75) is 32.9 Å². The lowest BCUT2D eigenvalue weighted by Crippen LogP contribution is -2.52. The highest BCUT2D eigenvalue weighted by molar-refractivity contribution is 5.47. The van der Waals surface area contributed by atoms with E-state index in [0.29, 0.717) is 0 Å². The standard InChI is InChI=1S/C15H21N3O/c1-12-5-4-6-17-9-13(16-14(12)17)10-18-7-8-19-11-15(18,2)3/h4-6,9H,7-8,10-11H2,1-3H3. The molecule has 0 bridgehead atoms. The topological polar surface area (TPSA) is 29.8 Å². The second-order valence-corrected chi connectivity index (χ2v) is 5.94. The number of hydrogen-bond acceptors (Lipinski definition) is 3. The van der Waals surface area contributed by atoms with Gasteiger partial charge in [-0.2, -0.15) is 0 Å². The molecule has 0 atom stereocenters. The molecule has 2 aromatic rings. The summed E-state index contributed by atoms with van der Waals surface area (Å²) in [4.78, 5) is 7.20. The van der Waals surface area contributed by atoms with Crippen LogP contribution in [0, 0.1) is 6.92 Å². The summed E-state index contributed by atoms with van der Waals surface area (Å²) < 4.78 is 7.67. The first-order valence-corrected chi connectivity index (χ1v) is 6.82. The van der Waals surface area contributed by atoms with E-state index in [1.165, 1.54) is 5.56 Å². The Hall–Kier alpha value is -1.39. The molecule has 1 fully saturated rings. The number of imidazole rings is 1. The Morgan fingerprint density at radius 3 is 3.00 bits per heavy atom. The van der Waals surface area contributed by atoms with Crippen molar-refractivity contribution in [2.75, 3.05) is 19.8 Å². The first-order chi connectivity index (χ1) is 9.06. The zero-order chi connectivity index (χ0) is 13.5. The van der Waals surface area contributed by atoms with Gasteiger partial charge in [0.2, 0.25) is 0 Å². The number of aromatic nitrogens is 2. The van der Waals surface area contributed by atoms with Crippen LogP contribution in [0.3, 0.4) is 0 Å². The summed E-state index contributed by atoms with van der Waals surface area (Å²) >= 11 is 0. The minimum atomic E-state index is 0.0864. The summed E-state index contributed by atoms with van der Waals surface area (Å²) in [5, 5.41) is 0. The lowest BCUT2D eigenvalue weighted by molar-refractivity contribution is -0.0557. The molecule has 2 aromatic heterocycles. The Morgan fingerprint density at radius 2 is 2.26 bits per heavy atom. The molecule has 0 unspecified atom stereocenters. The average molecular weight is 259 g/mol. The molecule has 3 heterocycles. The third-order valence-electron chi connectivity index (χ3n) is 3.90. The third-order valence-corrected chi connectivity index (χ3v) is 3.90. The van der Waals surface area contributed by atoms with Crippen LogP contribution in [-0.2, 0) is 11.3 Å². The fraction of sp³-hybridized carbons (Fsp3) is 0.533. The highest BCUT2D eigenvalue weighted by Gasteiger charge is 2.30. The number of nitrogens with zero attached hydrogens (tertiary/aromatic N) is 3. The molecule has 0 radical (unpaired) electrons. The molecule has 0 amide bonds. The molecule has 1 aliphatic heterocycles. The van der Waals surface area contributed by atoms with Crippen molar-refractivity contribution < 1.29 is 4.74 Å². The molecule has 102 valence electrons. The van der Waals surface area contributed by atoms with Crippen molar-refractivity contribution in [2.24, 2.45) is 0 Å². The summed E-state index contributed by atoms with van der Waals surface area (Å²) in [6.45, 7) is 10.0. The van der Waals surface area contributed by atoms with Gasteiger partial charge in [0, 0.05) is 31.0 Å². The van der Waals surface area contributed by atoms with Gasteiger partial charge in [0.15, 0.2) is 0 Å². The zero-order valence-electron chi connectivity index (χ0n) is 11.9. The summed E-state index contributed by atoms with van der Waals surface area (Å²) in [6.07, 6.45) is 4.19. The van der Waals surface area contributed by atoms with E-state index in [4.69, 9.17) is 9.72 Å². The molecular formula is C15H21N3O. The van der Waals surface area contributed by atoms with Gasteiger partial charge in [0.05, 0.1) is 18.9 Å². The van der Waals surface area contributed by atoms with Crippen LogP contribution in [0.1, 0.15) is 25.1 Å². The van der Waals surface area contributed by atoms with E-state index in [-0.39, 0.29) is 5.54 Å². The second kappa shape index (κ2) is 4.62. The molecule has 4 heteroatoms. The number of ether oxygens (including phenoxy) is 1. The first-order valence-electron chi connectivity index (χ1n) is 6.82. The van der Waals surface area contributed by atoms with Crippen molar-refractivity contribution in [3.05, 3.63) is 35.8 Å². The van der Waals surface area contributed by atoms with Gasteiger partial charge < -0.3 is 9.14 Å².